The SMILES string of the molecule is CCC1=C\C=C\C(CC)C(C(C)C(O)CC2(OC)CC(OC3OC(C)C(O)C(O)C3O)C(CC)C(C)O2)OC(=O)CC/C(CC)=C/C=C/C(CC)C(C(C)C(O)CC2(OC)CC(OC3CC(O)C(O)C(C)O3)C(CC)C(C)O2)OC(=O)\C=C\1. The average molecular weight is 1180 g/mol. The molecule has 0 bridgehead atoms. The van der Waals surface area contributed by atoms with Crippen LogP contribution in [0, 0.1) is 35.5 Å². The molecule has 0 spiro atoms. The van der Waals surface area contributed by atoms with E-state index in [1.165, 1.54) is 20.3 Å². The average Bonchev–Trinajstić information content (AvgIpc) is 3.48. The Morgan fingerprint density at radius 2 is 1.12 bits per heavy atom. The highest BCUT2D eigenvalue weighted by molar-refractivity contribution is 5.82. The van der Waals surface area contributed by atoms with Gasteiger partial charge in [-0.05, 0) is 78.2 Å². The van der Waals surface area contributed by atoms with Gasteiger partial charge in [0, 0.05) is 94.3 Å². The van der Waals surface area contributed by atoms with Crippen LogP contribution in [0.1, 0.15) is 167 Å². The van der Waals surface area contributed by atoms with Gasteiger partial charge in [-0.25, -0.2) is 4.79 Å². The Bertz CT molecular complexity index is 2140. The maximum Gasteiger partial charge on any atom is 0.331 e. The third-order valence-electron chi connectivity index (χ3n) is 18.7. The minimum atomic E-state index is -1.51. The zero-order chi connectivity index (χ0) is 61.5. The number of cyclic esters (lactones) is 2. The minimum Gasteiger partial charge on any atom is -0.461 e. The molecule has 83 heavy (non-hydrogen) atoms. The third kappa shape index (κ3) is 18.5. The summed E-state index contributed by atoms with van der Waals surface area (Å²) in [4.78, 5) is 28.1. The van der Waals surface area contributed by atoms with Crippen molar-refractivity contribution in [3.05, 3.63) is 59.8 Å². The van der Waals surface area contributed by atoms with E-state index in [9.17, 15) is 45.3 Å². The van der Waals surface area contributed by atoms with Crippen molar-refractivity contribution >= 4 is 11.9 Å². The molecule has 0 radical (unpaired) electrons. The second-order valence-electron chi connectivity index (χ2n) is 24.2. The summed E-state index contributed by atoms with van der Waals surface area (Å²) in [5.41, 5.74) is 1.79. The molecule has 0 saturated carbocycles. The lowest BCUT2D eigenvalue weighted by Gasteiger charge is -2.49. The number of carbonyl (C=O) groups excluding carboxylic acids is 2. The van der Waals surface area contributed by atoms with Crippen molar-refractivity contribution in [3.8, 4) is 0 Å². The largest absolute Gasteiger partial charge is 0.461 e. The van der Waals surface area contributed by atoms with Crippen LogP contribution in [0.2, 0.25) is 0 Å². The van der Waals surface area contributed by atoms with Gasteiger partial charge in [0.1, 0.15) is 36.6 Å². The quantitative estimate of drug-likeness (QED) is 0.0579. The van der Waals surface area contributed by atoms with E-state index in [4.69, 9.17) is 47.4 Å². The third-order valence-corrected chi connectivity index (χ3v) is 18.7. The molecule has 7 N–H and O–H groups in total. The van der Waals surface area contributed by atoms with E-state index in [-0.39, 0.29) is 68.3 Å². The topological polar surface area (TPSA) is 268 Å². The molecule has 25 atom stereocenters. The molecule has 5 aliphatic heterocycles. The Morgan fingerprint density at radius 1 is 0.602 bits per heavy atom. The number of methoxy groups -OCH3 is 2. The number of rotatable bonds is 20. The van der Waals surface area contributed by atoms with Crippen molar-refractivity contribution in [2.75, 3.05) is 14.2 Å². The van der Waals surface area contributed by atoms with E-state index >= 15 is 0 Å². The fourth-order valence-corrected chi connectivity index (χ4v) is 13.0. The predicted molar refractivity (Wildman–Crippen MR) is 311 cm³/mol. The second kappa shape index (κ2) is 32.9. The van der Waals surface area contributed by atoms with E-state index in [2.05, 4.69) is 0 Å². The molecule has 0 amide bonds. The first-order chi connectivity index (χ1) is 39.4. The number of hydrogen-bond acceptors (Lipinski definition) is 19. The molecule has 4 fully saturated rings. The summed E-state index contributed by atoms with van der Waals surface area (Å²) in [5.74, 6) is -5.84. The van der Waals surface area contributed by atoms with Crippen molar-refractivity contribution in [1.29, 1.82) is 0 Å². The number of hydrogen-bond donors (Lipinski definition) is 7. The summed E-state index contributed by atoms with van der Waals surface area (Å²) >= 11 is 0. The van der Waals surface area contributed by atoms with E-state index in [0.29, 0.717) is 38.5 Å². The molecule has 19 nitrogen and oxygen atoms in total. The summed E-state index contributed by atoms with van der Waals surface area (Å²) in [7, 11) is 3.04. The van der Waals surface area contributed by atoms with Gasteiger partial charge in [-0.2, -0.15) is 0 Å². The molecular formula is C64H106O19. The van der Waals surface area contributed by atoms with Crippen LogP contribution in [0.4, 0.5) is 0 Å². The van der Waals surface area contributed by atoms with Crippen LogP contribution in [0.15, 0.2) is 59.8 Å². The van der Waals surface area contributed by atoms with Crippen molar-refractivity contribution in [1.82, 2.24) is 0 Å². The first-order valence-corrected chi connectivity index (χ1v) is 31.0. The number of aliphatic hydroxyl groups excluding tert-OH is 7. The first-order valence-electron chi connectivity index (χ1n) is 31.0. The molecule has 4 saturated heterocycles. The van der Waals surface area contributed by atoms with Gasteiger partial charge in [0.2, 0.25) is 0 Å². The highest BCUT2D eigenvalue weighted by Crippen LogP contribution is 2.44. The summed E-state index contributed by atoms with van der Waals surface area (Å²) < 4.78 is 63.1. The van der Waals surface area contributed by atoms with Crippen molar-refractivity contribution < 1.29 is 92.7 Å². The molecule has 0 aromatic heterocycles. The summed E-state index contributed by atoms with van der Waals surface area (Å²) in [6.45, 7) is 22.9. The summed E-state index contributed by atoms with van der Waals surface area (Å²) in [5, 5.41) is 77.2. The van der Waals surface area contributed by atoms with Gasteiger partial charge in [0.25, 0.3) is 0 Å². The maximum atomic E-state index is 14.1. The van der Waals surface area contributed by atoms with Crippen LogP contribution in [-0.4, -0.2) is 178 Å². The van der Waals surface area contributed by atoms with Crippen LogP contribution in [0.25, 0.3) is 0 Å². The Kier molecular flexibility index (Phi) is 28.0. The van der Waals surface area contributed by atoms with Gasteiger partial charge >= 0.3 is 11.9 Å². The van der Waals surface area contributed by atoms with Gasteiger partial charge in [0.15, 0.2) is 24.2 Å². The minimum absolute atomic E-state index is 0.0218. The Morgan fingerprint density at radius 3 is 1.61 bits per heavy atom. The predicted octanol–water partition coefficient (Wildman–Crippen LogP) is 7.58. The van der Waals surface area contributed by atoms with Crippen LogP contribution >= 0.6 is 0 Å². The van der Waals surface area contributed by atoms with E-state index in [1.54, 1.807) is 19.9 Å². The Balaban J connectivity index is 1.39. The van der Waals surface area contributed by atoms with Gasteiger partial charge in [-0.3, -0.25) is 4.79 Å². The number of ether oxygens (including phenoxy) is 10. The zero-order valence-electron chi connectivity index (χ0n) is 52.1. The normalized spacial score (nSPS) is 43.2. The van der Waals surface area contributed by atoms with E-state index in [1.807, 2.05) is 106 Å². The fourth-order valence-electron chi connectivity index (χ4n) is 13.0. The van der Waals surface area contributed by atoms with Gasteiger partial charge in [0.05, 0.1) is 54.9 Å². The van der Waals surface area contributed by atoms with Crippen LogP contribution < -0.4 is 0 Å². The molecule has 476 valence electrons. The monoisotopic (exact) mass is 1180 g/mol. The first kappa shape index (κ1) is 70.8. The molecule has 0 aromatic carbocycles. The van der Waals surface area contributed by atoms with Crippen molar-refractivity contribution in [2.24, 2.45) is 35.5 Å². The van der Waals surface area contributed by atoms with Crippen LogP contribution in [0.5, 0.6) is 0 Å². The van der Waals surface area contributed by atoms with Crippen molar-refractivity contribution in [2.45, 2.75) is 282 Å². The molecule has 0 aliphatic carbocycles. The number of carbonyl (C=O) groups is 2. The molecule has 0 aromatic rings. The van der Waals surface area contributed by atoms with Crippen LogP contribution in [0.3, 0.4) is 0 Å². The molecule has 5 rings (SSSR count). The smallest absolute Gasteiger partial charge is 0.331 e. The highest BCUT2D eigenvalue weighted by atomic mass is 16.7. The summed E-state index contributed by atoms with van der Waals surface area (Å²) in [6, 6.07) is 0. The molecule has 19 heteroatoms. The van der Waals surface area contributed by atoms with Gasteiger partial charge in [-0.1, -0.05) is 103 Å². The highest BCUT2D eigenvalue weighted by Gasteiger charge is 2.53. The molecular weight excluding hydrogens is 1070 g/mol. The van der Waals surface area contributed by atoms with E-state index < -0.39 is 133 Å². The zero-order valence-corrected chi connectivity index (χ0v) is 52.1. The second-order valence-corrected chi connectivity index (χ2v) is 24.2. The molecule has 25 unspecified atom stereocenters. The maximum absolute atomic E-state index is 14.1. The molecule has 5 heterocycles. The Hall–Kier alpha value is -2.96. The number of aliphatic hydroxyl groups is 7. The number of allylic oxidation sites excluding steroid dienone is 7. The van der Waals surface area contributed by atoms with Crippen molar-refractivity contribution in [3.63, 3.8) is 0 Å². The van der Waals surface area contributed by atoms with Gasteiger partial charge in [-0.15, -0.1) is 0 Å². The fraction of sp³-hybridized carbons (Fsp3) is 0.812. The number of esters is 2. The lowest BCUT2D eigenvalue weighted by molar-refractivity contribution is -0.351. The summed E-state index contributed by atoms with van der Waals surface area (Å²) in [6.07, 6.45) is 4.03. The lowest BCUT2D eigenvalue weighted by atomic mass is 9.80. The Labute approximate surface area is 494 Å². The molecule has 5 aliphatic rings. The van der Waals surface area contributed by atoms with E-state index in [0.717, 1.165) is 17.6 Å². The standard InChI is InChI=1S/C64H106O19/c1-15-42-23-21-25-44(17-3)60(36(7)49(66)32-63(74-13)34-51(46(19-5)38(9)82-63)78-55-31-48(65)56(70)40(11)76-55)80-53(68)29-27-43(16-2)24-22-26-45(18-4)61(81-54(69)30-28-42)37(8)50(67)33-64(75-14)35-52(47(20-6)39(10)83-64)79-62-59(73)58(72)57(71)41(12)77-62/h21-27,29,36-41,44-52,55-62,65-67,70-73H,15-20,28,30-35H2,1-14H3/b25-21+,26-22+,29-27+,42-23+,43-24+. The van der Waals surface area contributed by atoms with Gasteiger partial charge < -0.3 is 83.1 Å². The van der Waals surface area contributed by atoms with Crippen LogP contribution in [-0.2, 0) is 57.0 Å². The lowest BCUT2D eigenvalue weighted by Crippen LogP contribution is -2.60.